The Morgan fingerprint density at radius 2 is 1.84 bits per heavy atom. The summed E-state index contributed by atoms with van der Waals surface area (Å²) < 4.78 is 20.0. The molecule has 0 amide bonds. The van der Waals surface area contributed by atoms with Crippen LogP contribution < -0.4 is 15.8 Å². The molecule has 1 unspecified atom stereocenters. The maximum absolute atomic E-state index is 13.2. The molecule has 0 aliphatic carbocycles. The summed E-state index contributed by atoms with van der Waals surface area (Å²) in [6, 6.07) is 13.7. The minimum atomic E-state index is -0.386. The second-order valence-electron chi connectivity index (χ2n) is 8.05. The van der Waals surface area contributed by atoms with Gasteiger partial charge in [0.05, 0.1) is 24.2 Å². The van der Waals surface area contributed by atoms with Crippen LogP contribution in [-0.2, 0) is 4.74 Å². The van der Waals surface area contributed by atoms with Crippen LogP contribution in [0.15, 0.2) is 59.5 Å². The lowest BCUT2D eigenvalue weighted by Crippen LogP contribution is -2.33. The molecular weight excluding hydrogens is 431 g/mol. The highest BCUT2D eigenvalue weighted by atomic mass is 35.5. The first-order valence-electron chi connectivity index (χ1n) is 10.7. The van der Waals surface area contributed by atoms with Crippen LogP contribution in [0.2, 0.25) is 5.02 Å². The molecule has 4 rings (SSSR count). The summed E-state index contributed by atoms with van der Waals surface area (Å²) in [5.41, 5.74) is 2.49. The van der Waals surface area contributed by atoms with Crippen molar-refractivity contribution in [3.8, 4) is 5.69 Å². The van der Waals surface area contributed by atoms with Gasteiger partial charge in [-0.25, -0.2) is 4.39 Å². The minimum absolute atomic E-state index is 0.107. The molecule has 2 heterocycles. The molecular formula is C24H26ClFN4O2. The van der Waals surface area contributed by atoms with E-state index >= 15 is 0 Å². The van der Waals surface area contributed by atoms with E-state index in [-0.39, 0.29) is 22.4 Å². The SMILES string of the molecule is C[C@H](Nc1cnn(-c2ccc(N(C)c3ccc(F)cc3)cc2)c(=O)c1Cl)C1CCCOC1. The molecule has 1 N–H and O–H groups in total. The monoisotopic (exact) mass is 456 g/mol. The van der Waals surface area contributed by atoms with Crippen molar-refractivity contribution in [2.75, 3.05) is 30.5 Å². The first-order valence-corrected chi connectivity index (χ1v) is 11.0. The first-order chi connectivity index (χ1) is 15.4. The number of ether oxygens (including phenoxy) is 1. The topological polar surface area (TPSA) is 59.4 Å². The van der Waals surface area contributed by atoms with E-state index in [0.717, 1.165) is 30.8 Å². The molecule has 0 radical (unpaired) electrons. The van der Waals surface area contributed by atoms with Gasteiger partial charge in [0, 0.05) is 37.0 Å². The molecule has 0 saturated carbocycles. The third kappa shape index (κ3) is 4.79. The number of aromatic nitrogens is 2. The molecule has 1 saturated heterocycles. The number of hydrogen-bond acceptors (Lipinski definition) is 5. The molecule has 32 heavy (non-hydrogen) atoms. The van der Waals surface area contributed by atoms with Gasteiger partial charge in [-0.3, -0.25) is 4.79 Å². The van der Waals surface area contributed by atoms with E-state index in [9.17, 15) is 9.18 Å². The Kier molecular flexibility index (Phi) is 6.77. The van der Waals surface area contributed by atoms with E-state index < -0.39 is 0 Å². The Bertz CT molecular complexity index is 1110. The van der Waals surface area contributed by atoms with Crippen LogP contribution in [0.25, 0.3) is 5.69 Å². The van der Waals surface area contributed by atoms with E-state index in [4.69, 9.17) is 16.3 Å². The molecule has 1 aliphatic rings. The van der Waals surface area contributed by atoms with Crippen molar-refractivity contribution in [1.82, 2.24) is 9.78 Å². The molecule has 2 aromatic carbocycles. The van der Waals surface area contributed by atoms with Crippen molar-refractivity contribution in [3.63, 3.8) is 0 Å². The predicted octanol–water partition coefficient (Wildman–Crippen LogP) is 5.02. The Balaban J connectivity index is 1.51. The lowest BCUT2D eigenvalue weighted by atomic mass is 9.95. The number of rotatable bonds is 6. The van der Waals surface area contributed by atoms with Gasteiger partial charge in [-0.15, -0.1) is 0 Å². The van der Waals surface area contributed by atoms with Gasteiger partial charge in [0.1, 0.15) is 10.8 Å². The van der Waals surface area contributed by atoms with Gasteiger partial charge in [-0.1, -0.05) is 11.6 Å². The van der Waals surface area contributed by atoms with Gasteiger partial charge in [0.25, 0.3) is 5.56 Å². The van der Waals surface area contributed by atoms with Gasteiger partial charge in [-0.05, 0) is 68.3 Å². The van der Waals surface area contributed by atoms with Crippen molar-refractivity contribution in [2.45, 2.75) is 25.8 Å². The van der Waals surface area contributed by atoms with Gasteiger partial charge in [0.15, 0.2) is 0 Å². The zero-order valence-corrected chi connectivity index (χ0v) is 18.8. The van der Waals surface area contributed by atoms with E-state index in [0.29, 0.717) is 23.9 Å². The number of benzene rings is 2. The standard InChI is InChI=1S/C24H26ClFN4O2/c1-16(17-4-3-13-32-15-17)28-22-14-27-30(24(31)23(22)25)21-11-9-20(10-12-21)29(2)19-7-5-18(26)6-8-19/h5-12,14,16-17,28H,3-4,13,15H2,1-2H3/t16-,17?/m0/s1. The number of nitrogens with one attached hydrogen (secondary N) is 1. The smallest absolute Gasteiger partial charge is 0.292 e. The van der Waals surface area contributed by atoms with Gasteiger partial charge in [-0.2, -0.15) is 9.78 Å². The van der Waals surface area contributed by atoms with Gasteiger partial charge >= 0.3 is 0 Å². The van der Waals surface area contributed by atoms with E-state index in [2.05, 4.69) is 17.3 Å². The maximum atomic E-state index is 13.2. The highest BCUT2D eigenvalue weighted by molar-refractivity contribution is 6.33. The van der Waals surface area contributed by atoms with Crippen molar-refractivity contribution < 1.29 is 9.13 Å². The van der Waals surface area contributed by atoms with Crippen molar-refractivity contribution in [2.24, 2.45) is 5.92 Å². The summed E-state index contributed by atoms with van der Waals surface area (Å²) in [4.78, 5) is 14.8. The van der Waals surface area contributed by atoms with Crippen LogP contribution in [0.5, 0.6) is 0 Å². The summed E-state index contributed by atoms with van der Waals surface area (Å²) in [6.07, 6.45) is 3.70. The van der Waals surface area contributed by atoms with E-state index in [1.54, 1.807) is 30.5 Å². The lowest BCUT2D eigenvalue weighted by molar-refractivity contribution is 0.0496. The molecule has 1 fully saturated rings. The molecule has 2 atom stereocenters. The van der Waals surface area contributed by atoms with Crippen LogP contribution in [0.4, 0.5) is 21.5 Å². The maximum Gasteiger partial charge on any atom is 0.292 e. The Morgan fingerprint density at radius 1 is 1.19 bits per heavy atom. The fraction of sp³-hybridized carbons (Fsp3) is 0.333. The summed E-state index contributed by atoms with van der Waals surface area (Å²) in [5, 5.41) is 7.75. The normalized spacial score (nSPS) is 17.1. The minimum Gasteiger partial charge on any atom is -0.381 e. The van der Waals surface area contributed by atoms with Crippen molar-refractivity contribution in [3.05, 3.63) is 75.9 Å². The third-order valence-electron chi connectivity index (χ3n) is 5.90. The van der Waals surface area contributed by atoms with Crippen molar-refractivity contribution in [1.29, 1.82) is 0 Å². The molecule has 1 aromatic heterocycles. The number of hydrogen-bond donors (Lipinski definition) is 1. The quantitative estimate of drug-likeness (QED) is 0.564. The van der Waals surface area contributed by atoms with Gasteiger partial charge < -0.3 is 15.0 Å². The molecule has 3 aromatic rings. The Morgan fingerprint density at radius 3 is 2.47 bits per heavy atom. The molecule has 6 nitrogen and oxygen atoms in total. The zero-order chi connectivity index (χ0) is 22.7. The van der Waals surface area contributed by atoms with Crippen LogP contribution in [0.3, 0.4) is 0 Å². The first kappa shape index (κ1) is 22.3. The van der Waals surface area contributed by atoms with Crippen LogP contribution in [0, 0.1) is 11.7 Å². The summed E-state index contributed by atoms with van der Waals surface area (Å²) in [7, 11) is 1.89. The van der Waals surface area contributed by atoms with E-state index in [1.807, 2.05) is 24.1 Å². The molecule has 0 spiro atoms. The molecule has 168 valence electrons. The fourth-order valence-electron chi connectivity index (χ4n) is 3.87. The average Bonchev–Trinajstić information content (AvgIpc) is 2.83. The van der Waals surface area contributed by atoms with Crippen LogP contribution >= 0.6 is 11.6 Å². The largest absolute Gasteiger partial charge is 0.381 e. The lowest BCUT2D eigenvalue weighted by Gasteiger charge is -2.29. The Labute approximate surface area is 191 Å². The summed E-state index contributed by atoms with van der Waals surface area (Å²) in [6.45, 7) is 3.58. The van der Waals surface area contributed by atoms with E-state index in [1.165, 1.54) is 16.8 Å². The second-order valence-corrected chi connectivity index (χ2v) is 8.43. The molecule has 0 bridgehead atoms. The highest BCUT2D eigenvalue weighted by Crippen LogP contribution is 2.26. The second kappa shape index (κ2) is 9.71. The average molecular weight is 457 g/mol. The number of nitrogens with zero attached hydrogens (tertiary/aromatic N) is 3. The predicted molar refractivity (Wildman–Crippen MR) is 126 cm³/mol. The van der Waals surface area contributed by atoms with Crippen LogP contribution in [-0.4, -0.2) is 36.1 Å². The van der Waals surface area contributed by atoms with Crippen LogP contribution in [0.1, 0.15) is 19.8 Å². The van der Waals surface area contributed by atoms with Gasteiger partial charge in [0.2, 0.25) is 0 Å². The fourth-order valence-corrected chi connectivity index (χ4v) is 4.06. The molecule has 1 aliphatic heterocycles. The Hall–Kier alpha value is -2.90. The number of halogens is 2. The zero-order valence-electron chi connectivity index (χ0n) is 18.1. The third-order valence-corrected chi connectivity index (χ3v) is 6.27. The summed E-state index contributed by atoms with van der Waals surface area (Å²) in [5.74, 6) is 0.0899. The highest BCUT2D eigenvalue weighted by Gasteiger charge is 2.22. The molecule has 8 heteroatoms. The van der Waals surface area contributed by atoms with Crippen molar-refractivity contribution >= 4 is 28.7 Å². The number of anilines is 3. The summed E-state index contributed by atoms with van der Waals surface area (Å²) >= 11 is 6.40.